The standard InChI is InChI=1S/C19H26N4O4S2/c1-11(2)10-20-17(24)15-9-14(8-7-12(15)3)29(26,27)22-19-21-13(4)16(28-19)18(25)23(5)6/h7-9,11H,10H2,1-6H3,(H,20,24)(H,21,22). The van der Waals surface area contributed by atoms with Gasteiger partial charge in [-0.25, -0.2) is 13.4 Å². The van der Waals surface area contributed by atoms with E-state index in [1.165, 1.54) is 17.0 Å². The average molecular weight is 439 g/mol. The van der Waals surface area contributed by atoms with Gasteiger partial charge in [-0.1, -0.05) is 31.3 Å². The van der Waals surface area contributed by atoms with Crippen LogP contribution in [-0.2, 0) is 10.0 Å². The number of nitrogens with zero attached hydrogens (tertiary/aromatic N) is 2. The second kappa shape index (κ2) is 8.91. The van der Waals surface area contributed by atoms with Crippen molar-refractivity contribution >= 4 is 38.3 Å². The van der Waals surface area contributed by atoms with Crippen molar-refractivity contribution in [2.75, 3.05) is 25.4 Å². The Bertz CT molecular complexity index is 1030. The molecule has 1 aromatic carbocycles. The van der Waals surface area contributed by atoms with Crippen LogP contribution < -0.4 is 10.0 Å². The lowest BCUT2D eigenvalue weighted by Crippen LogP contribution is -2.28. The van der Waals surface area contributed by atoms with E-state index in [4.69, 9.17) is 0 Å². The molecule has 0 spiro atoms. The Kier molecular flexibility index (Phi) is 7.02. The summed E-state index contributed by atoms with van der Waals surface area (Å²) in [6, 6.07) is 4.37. The number of aromatic nitrogens is 1. The SMILES string of the molecule is Cc1ccc(S(=O)(=O)Nc2nc(C)c(C(=O)N(C)C)s2)cc1C(=O)NCC(C)C. The lowest BCUT2D eigenvalue weighted by Gasteiger charge is -2.12. The maximum atomic E-state index is 12.8. The van der Waals surface area contributed by atoms with Gasteiger partial charge < -0.3 is 10.2 Å². The van der Waals surface area contributed by atoms with Crippen LogP contribution in [0.5, 0.6) is 0 Å². The van der Waals surface area contributed by atoms with Gasteiger partial charge in [0.15, 0.2) is 5.13 Å². The number of anilines is 1. The third-order valence-electron chi connectivity index (χ3n) is 4.05. The first-order chi connectivity index (χ1) is 13.4. The monoisotopic (exact) mass is 438 g/mol. The number of sulfonamides is 1. The highest BCUT2D eigenvalue weighted by atomic mass is 32.2. The zero-order chi connectivity index (χ0) is 21.9. The number of aryl methyl sites for hydroxylation is 2. The maximum absolute atomic E-state index is 12.8. The molecule has 10 heteroatoms. The molecule has 1 aromatic heterocycles. The van der Waals surface area contributed by atoms with Crippen molar-refractivity contribution in [2.45, 2.75) is 32.6 Å². The molecule has 0 saturated carbocycles. The topological polar surface area (TPSA) is 108 Å². The van der Waals surface area contributed by atoms with Crippen LogP contribution in [0, 0.1) is 19.8 Å². The van der Waals surface area contributed by atoms with Gasteiger partial charge in [0.2, 0.25) is 0 Å². The molecule has 0 fully saturated rings. The minimum atomic E-state index is -3.97. The van der Waals surface area contributed by atoms with Gasteiger partial charge in [-0.05, 0) is 37.5 Å². The number of amides is 2. The summed E-state index contributed by atoms with van der Waals surface area (Å²) in [5, 5.41) is 2.89. The molecule has 0 aliphatic heterocycles. The number of nitrogens with one attached hydrogen (secondary N) is 2. The van der Waals surface area contributed by atoms with E-state index in [0.29, 0.717) is 28.2 Å². The molecular weight excluding hydrogens is 412 g/mol. The van der Waals surface area contributed by atoms with E-state index in [1.807, 2.05) is 13.8 Å². The first-order valence-corrected chi connectivity index (χ1v) is 11.3. The molecule has 158 valence electrons. The van der Waals surface area contributed by atoms with Crippen LogP contribution in [-0.4, -0.2) is 50.8 Å². The first kappa shape index (κ1) is 22.8. The lowest BCUT2D eigenvalue weighted by molar-refractivity contribution is 0.0831. The fraction of sp³-hybridized carbons (Fsp3) is 0.421. The van der Waals surface area contributed by atoms with Gasteiger partial charge in [0.1, 0.15) is 4.88 Å². The van der Waals surface area contributed by atoms with Gasteiger partial charge in [-0.3, -0.25) is 14.3 Å². The summed E-state index contributed by atoms with van der Waals surface area (Å²) in [6.45, 7) is 7.84. The van der Waals surface area contributed by atoms with Crippen molar-refractivity contribution in [2.24, 2.45) is 5.92 Å². The Labute approximate surface area is 175 Å². The minimum Gasteiger partial charge on any atom is -0.352 e. The third-order valence-corrected chi connectivity index (χ3v) is 6.58. The largest absolute Gasteiger partial charge is 0.352 e. The summed E-state index contributed by atoms with van der Waals surface area (Å²) >= 11 is 0.971. The summed E-state index contributed by atoms with van der Waals surface area (Å²) in [7, 11) is -0.745. The van der Waals surface area contributed by atoms with Gasteiger partial charge in [0, 0.05) is 26.2 Å². The molecule has 8 nitrogen and oxygen atoms in total. The predicted molar refractivity (Wildman–Crippen MR) is 114 cm³/mol. The zero-order valence-electron chi connectivity index (χ0n) is 17.4. The molecule has 1 heterocycles. The Morgan fingerprint density at radius 3 is 2.45 bits per heavy atom. The molecule has 29 heavy (non-hydrogen) atoms. The zero-order valence-corrected chi connectivity index (χ0v) is 19.0. The van der Waals surface area contributed by atoms with Crippen molar-refractivity contribution in [3.8, 4) is 0 Å². The second-order valence-electron chi connectivity index (χ2n) is 7.32. The Morgan fingerprint density at radius 2 is 1.86 bits per heavy atom. The van der Waals surface area contributed by atoms with Gasteiger partial charge in [0.05, 0.1) is 10.6 Å². The Hall–Kier alpha value is -2.46. The van der Waals surface area contributed by atoms with Crippen molar-refractivity contribution in [3.63, 3.8) is 0 Å². The number of hydrogen-bond acceptors (Lipinski definition) is 6. The van der Waals surface area contributed by atoms with E-state index in [9.17, 15) is 18.0 Å². The molecule has 0 saturated heterocycles. The van der Waals surface area contributed by atoms with E-state index >= 15 is 0 Å². The molecule has 0 aliphatic rings. The van der Waals surface area contributed by atoms with E-state index in [2.05, 4.69) is 15.0 Å². The number of thiazole rings is 1. The number of benzene rings is 1. The van der Waals surface area contributed by atoms with Crippen LogP contribution in [0.25, 0.3) is 0 Å². The fourth-order valence-corrected chi connectivity index (χ4v) is 4.67. The van der Waals surface area contributed by atoms with Crippen LogP contribution >= 0.6 is 11.3 Å². The Balaban J connectivity index is 2.30. The molecule has 0 atom stereocenters. The summed E-state index contributed by atoms with van der Waals surface area (Å²) in [6.07, 6.45) is 0. The summed E-state index contributed by atoms with van der Waals surface area (Å²) in [5.41, 5.74) is 1.42. The number of carbonyl (C=O) groups excluding carboxylic acids is 2. The number of carbonyl (C=O) groups is 2. The molecule has 0 unspecified atom stereocenters. The summed E-state index contributed by atoms with van der Waals surface area (Å²) < 4.78 is 28.0. The lowest BCUT2D eigenvalue weighted by atomic mass is 10.1. The Morgan fingerprint density at radius 1 is 1.21 bits per heavy atom. The molecule has 0 bridgehead atoms. The van der Waals surface area contributed by atoms with Crippen LogP contribution in [0.3, 0.4) is 0 Å². The van der Waals surface area contributed by atoms with Crippen LogP contribution in [0.1, 0.15) is 45.1 Å². The van der Waals surface area contributed by atoms with Crippen molar-refractivity contribution in [3.05, 3.63) is 39.9 Å². The fourth-order valence-electron chi connectivity index (χ4n) is 2.42. The molecule has 2 rings (SSSR count). The van der Waals surface area contributed by atoms with Gasteiger partial charge in [-0.2, -0.15) is 0 Å². The molecule has 2 amide bonds. The van der Waals surface area contributed by atoms with E-state index in [-0.39, 0.29) is 27.8 Å². The number of hydrogen-bond donors (Lipinski definition) is 2. The van der Waals surface area contributed by atoms with E-state index in [0.717, 1.165) is 11.3 Å². The number of rotatable bonds is 7. The maximum Gasteiger partial charge on any atom is 0.265 e. The normalized spacial score (nSPS) is 11.4. The molecule has 2 N–H and O–H groups in total. The van der Waals surface area contributed by atoms with E-state index < -0.39 is 10.0 Å². The average Bonchev–Trinajstić information content (AvgIpc) is 2.98. The predicted octanol–water partition coefficient (Wildman–Crippen LogP) is 2.65. The first-order valence-electron chi connectivity index (χ1n) is 9.03. The highest BCUT2D eigenvalue weighted by molar-refractivity contribution is 7.93. The van der Waals surface area contributed by atoms with E-state index in [1.54, 1.807) is 34.0 Å². The van der Waals surface area contributed by atoms with Crippen molar-refractivity contribution in [1.29, 1.82) is 0 Å². The molecule has 2 aromatic rings. The third kappa shape index (κ3) is 5.54. The highest BCUT2D eigenvalue weighted by Crippen LogP contribution is 2.26. The van der Waals surface area contributed by atoms with Crippen LogP contribution in [0.15, 0.2) is 23.1 Å². The molecule has 0 aliphatic carbocycles. The highest BCUT2D eigenvalue weighted by Gasteiger charge is 2.22. The van der Waals surface area contributed by atoms with Gasteiger partial charge in [-0.15, -0.1) is 0 Å². The second-order valence-corrected chi connectivity index (χ2v) is 10.0. The van der Waals surface area contributed by atoms with Crippen LogP contribution in [0.2, 0.25) is 0 Å². The smallest absolute Gasteiger partial charge is 0.265 e. The van der Waals surface area contributed by atoms with Crippen molar-refractivity contribution in [1.82, 2.24) is 15.2 Å². The molecular formula is C19H26N4O4S2. The summed E-state index contributed by atoms with van der Waals surface area (Å²) in [5.74, 6) is -0.290. The van der Waals surface area contributed by atoms with Gasteiger partial charge >= 0.3 is 0 Å². The summed E-state index contributed by atoms with van der Waals surface area (Å²) in [4.78, 5) is 30.4. The molecule has 0 radical (unpaired) electrons. The minimum absolute atomic E-state index is 0.0499. The van der Waals surface area contributed by atoms with Crippen LogP contribution in [0.4, 0.5) is 5.13 Å². The van der Waals surface area contributed by atoms with Gasteiger partial charge in [0.25, 0.3) is 21.8 Å². The van der Waals surface area contributed by atoms with Crippen molar-refractivity contribution < 1.29 is 18.0 Å². The quantitative estimate of drug-likeness (QED) is 0.691.